The van der Waals surface area contributed by atoms with Gasteiger partial charge in [-0.25, -0.2) is 8.42 Å². The fourth-order valence-electron chi connectivity index (χ4n) is 3.33. The number of nitrogens with zero attached hydrogens (tertiary/aromatic N) is 4. The summed E-state index contributed by atoms with van der Waals surface area (Å²) in [5.74, 6) is 0.524. The molecule has 2 atom stereocenters. The van der Waals surface area contributed by atoms with Gasteiger partial charge in [-0.2, -0.15) is 9.36 Å². The van der Waals surface area contributed by atoms with Gasteiger partial charge in [0.2, 0.25) is 4.77 Å². The number of benzene rings is 1. The molecular weight excluding hydrogens is 358 g/mol. The van der Waals surface area contributed by atoms with E-state index in [0.29, 0.717) is 17.9 Å². The second-order valence-electron chi connectivity index (χ2n) is 6.66. The maximum Gasteiger partial charge on any atom is 0.225 e. The molecule has 1 unspecified atom stereocenters. The fourth-order valence-corrected chi connectivity index (χ4v) is 5.39. The molecule has 0 amide bonds. The minimum atomic E-state index is -2.90. The number of nitrogens with one attached hydrogen (secondary N) is 1. The first-order valence-corrected chi connectivity index (χ1v) is 10.7. The fraction of sp³-hybridized carbons (Fsp3) is 0.562. The van der Waals surface area contributed by atoms with Gasteiger partial charge in [0, 0.05) is 6.42 Å². The molecule has 3 rings (SSSR count). The molecule has 9 heteroatoms. The number of tetrazole rings is 1. The first kappa shape index (κ1) is 18.2. The lowest BCUT2D eigenvalue weighted by molar-refractivity contribution is -0.943. The van der Waals surface area contributed by atoms with Gasteiger partial charge in [-0.1, -0.05) is 12.1 Å². The predicted octanol–water partition coefficient (Wildman–Crippen LogP) is 0.465. The summed E-state index contributed by atoms with van der Waals surface area (Å²) in [5, 5.41) is 8.44. The lowest BCUT2D eigenvalue weighted by Crippen LogP contribution is -3.15. The van der Waals surface area contributed by atoms with Crippen molar-refractivity contribution in [2.24, 2.45) is 0 Å². The second kappa shape index (κ2) is 6.97. The van der Waals surface area contributed by atoms with Crippen LogP contribution in [0.4, 0.5) is 0 Å². The molecule has 0 saturated carbocycles. The topological polar surface area (TPSA) is 74.2 Å². The highest BCUT2D eigenvalue weighted by Crippen LogP contribution is 2.16. The Morgan fingerprint density at radius 2 is 2.08 bits per heavy atom. The number of aromatic nitrogens is 4. The zero-order valence-electron chi connectivity index (χ0n) is 14.8. The Morgan fingerprint density at radius 1 is 1.32 bits per heavy atom. The minimum Gasteiger partial charge on any atom is -0.313 e. The van der Waals surface area contributed by atoms with Gasteiger partial charge < -0.3 is 4.90 Å². The molecule has 1 aromatic carbocycles. The van der Waals surface area contributed by atoms with Gasteiger partial charge in [0.1, 0.15) is 11.8 Å². The SMILES string of the molecule is CC[NH+](Cn1nnn(-c2cccc(C)c2C)c1=S)[C@@H]1CCS(=O)(=O)C1. The van der Waals surface area contributed by atoms with Gasteiger partial charge in [-0.15, -0.1) is 0 Å². The van der Waals surface area contributed by atoms with E-state index in [1.807, 2.05) is 19.1 Å². The van der Waals surface area contributed by atoms with Gasteiger partial charge in [0.25, 0.3) is 0 Å². The molecule has 1 saturated heterocycles. The zero-order chi connectivity index (χ0) is 18.2. The molecule has 136 valence electrons. The summed E-state index contributed by atoms with van der Waals surface area (Å²) in [4.78, 5) is 1.17. The van der Waals surface area contributed by atoms with Crippen LogP contribution in [0.25, 0.3) is 5.69 Å². The van der Waals surface area contributed by atoms with E-state index in [2.05, 4.69) is 30.3 Å². The molecule has 1 aliphatic heterocycles. The van der Waals surface area contributed by atoms with Crippen LogP contribution in [0.3, 0.4) is 0 Å². The van der Waals surface area contributed by atoms with Crippen molar-refractivity contribution in [2.45, 2.75) is 39.9 Å². The lowest BCUT2D eigenvalue weighted by Gasteiger charge is -2.22. The molecule has 0 aliphatic carbocycles. The van der Waals surface area contributed by atoms with Crippen LogP contribution >= 0.6 is 12.2 Å². The Bertz CT molecular complexity index is 932. The smallest absolute Gasteiger partial charge is 0.225 e. The Balaban J connectivity index is 1.86. The zero-order valence-corrected chi connectivity index (χ0v) is 16.4. The Morgan fingerprint density at radius 3 is 2.72 bits per heavy atom. The number of hydrogen-bond donors (Lipinski definition) is 1. The summed E-state index contributed by atoms with van der Waals surface area (Å²) in [7, 11) is -2.90. The summed E-state index contributed by atoms with van der Waals surface area (Å²) in [5.41, 5.74) is 3.22. The van der Waals surface area contributed by atoms with E-state index in [4.69, 9.17) is 12.2 Å². The van der Waals surface area contributed by atoms with Gasteiger partial charge in [-0.05, 0) is 60.6 Å². The summed E-state index contributed by atoms with van der Waals surface area (Å²) in [6.07, 6.45) is 0.698. The Hall–Kier alpha value is -1.58. The molecule has 0 radical (unpaired) electrons. The van der Waals surface area contributed by atoms with E-state index in [9.17, 15) is 8.42 Å². The van der Waals surface area contributed by atoms with Crippen molar-refractivity contribution in [3.05, 3.63) is 34.1 Å². The van der Waals surface area contributed by atoms with E-state index in [-0.39, 0.29) is 17.5 Å². The molecule has 1 aromatic heterocycles. The summed E-state index contributed by atoms with van der Waals surface area (Å²) < 4.78 is 27.4. The van der Waals surface area contributed by atoms with Crippen molar-refractivity contribution in [2.75, 3.05) is 18.1 Å². The predicted molar refractivity (Wildman–Crippen MR) is 98.2 cm³/mol. The third-order valence-electron chi connectivity index (χ3n) is 5.06. The van der Waals surface area contributed by atoms with Crippen LogP contribution in [0.15, 0.2) is 18.2 Å². The quantitative estimate of drug-likeness (QED) is 0.761. The van der Waals surface area contributed by atoms with E-state index < -0.39 is 9.84 Å². The highest BCUT2D eigenvalue weighted by Gasteiger charge is 2.35. The second-order valence-corrected chi connectivity index (χ2v) is 9.26. The van der Waals surface area contributed by atoms with Gasteiger partial charge in [-0.3, -0.25) is 0 Å². The molecule has 0 spiro atoms. The average molecular weight is 383 g/mol. The van der Waals surface area contributed by atoms with Crippen molar-refractivity contribution in [3.8, 4) is 5.69 Å². The minimum absolute atomic E-state index is 0.0998. The first-order valence-electron chi connectivity index (χ1n) is 8.47. The van der Waals surface area contributed by atoms with Crippen molar-refractivity contribution in [1.82, 2.24) is 19.8 Å². The van der Waals surface area contributed by atoms with Crippen LogP contribution in [0.1, 0.15) is 24.5 Å². The maximum absolute atomic E-state index is 11.8. The summed E-state index contributed by atoms with van der Waals surface area (Å²) in [6.45, 7) is 7.49. The monoisotopic (exact) mass is 382 g/mol. The average Bonchev–Trinajstić information content (AvgIpc) is 3.10. The van der Waals surface area contributed by atoms with Crippen molar-refractivity contribution < 1.29 is 13.3 Å². The van der Waals surface area contributed by atoms with E-state index >= 15 is 0 Å². The van der Waals surface area contributed by atoms with E-state index in [1.165, 1.54) is 10.5 Å². The van der Waals surface area contributed by atoms with Crippen molar-refractivity contribution >= 4 is 22.1 Å². The number of sulfone groups is 1. The molecule has 25 heavy (non-hydrogen) atoms. The molecular formula is C16H24N5O2S2+. The Kier molecular flexibility index (Phi) is 5.08. The van der Waals surface area contributed by atoms with E-state index in [0.717, 1.165) is 17.8 Å². The highest BCUT2D eigenvalue weighted by atomic mass is 32.2. The first-order chi connectivity index (χ1) is 11.8. The largest absolute Gasteiger partial charge is 0.313 e. The third-order valence-corrected chi connectivity index (χ3v) is 7.21. The van der Waals surface area contributed by atoms with Crippen LogP contribution in [0, 0.1) is 18.6 Å². The lowest BCUT2D eigenvalue weighted by atomic mass is 10.1. The van der Waals surface area contributed by atoms with Gasteiger partial charge in [0.05, 0.1) is 18.0 Å². The number of quaternary nitrogens is 1. The van der Waals surface area contributed by atoms with E-state index in [1.54, 1.807) is 9.36 Å². The Labute approximate surface area is 153 Å². The molecule has 1 fully saturated rings. The normalized spacial score (nSPS) is 20.7. The van der Waals surface area contributed by atoms with Crippen LogP contribution in [0.2, 0.25) is 0 Å². The van der Waals surface area contributed by atoms with Crippen LogP contribution in [-0.2, 0) is 16.5 Å². The number of aryl methyl sites for hydroxylation is 1. The van der Waals surface area contributed by atoms with Crippen LogP contribution in [0.5, 0.6) is 0 Å². The van der Waals surface area contributed by atoms with Crippen LogP contribution in [-0.4, -0.2) is 52.3 Å². The molecule has 1 N–H and O–H groups in total. The van der Waals surface area contributed by atoms with Crippen molar-refractivity contribution in [3.63, 3.8) is 0 Å². The molecule has 0 bridgehead atoms. The summed E-state index contributed by atoms with van der Waals surface area (Å²) >= 11 is 5.57. The van der Waals surface area contributed by atoms with Crippen LogP contribution < -0.4 is 4.90 Å². The highest BCUT2D eigenvalue weighted by molar-refractivity contribution is 7.91. The molecule has 7 nitrogen and oxygen atoms in total. The standard InChI is InChI=1S/C16H23N5O2S2/c1-4-19(14-8-9-25(22,23)10-14)11-20-16(24)21(18-17-20)15-7-5-6-12(2)13(15)3/h5-7,14H,4,8-11H2,1-3H3/p+1/t14-/m1/s1. The number of hydrogen-bond acceptors (Lipinski definition) is 5. The molecule has 1 aliphatic rings. The van der Waals surface area contributed by atoms with Crippen molar-refractivity contribution in [1.29, 1.82) is 0 Å². The maximum atomic E-state index is 11.8. The molecule has 2 heterocycles. The van der Waals surface area contributed by atoms with Gasteiger partial charge in [0.15, 0.2) is 16.5 Å². The summed E-state index contributed by atoms with van der Waals surface area (Å²) in [6, 6.07) is 6.11. The van der Waals surface area contributed by atoms with Gasteiger partial charge >= 0.3 is 0 Å². The molecule has 2 aromatic rings. The third kappa shape index (κ3) is 3.68. The number of rotatable bonds is 5.